The Morgan fingerprint density at radius 2 is 2.12 bits per heavy atom. The summed E-state index contributed by atoms with van der Waals surface area (Å²) in [4.78, 5) is 18.6. The fourth-order valence-corrected chi connectivity index (χ4v) is 3.18. The van der Waals surface area contributed by atoms with E-state index in [1.54, 1.807) is 4.90 Å². The molecular formula is C17H17N5O2. The van der Waals surface area contributed by atoms with Crippen LogP contribution in [0.15, 0.2) is 42.6 Å². The van der Waals surface area contributed by atoms with Crippen LogP contribution in [0.1, 0.15) is 16.2 Å². The minimum absolute atomic E-state index is 0.0329. The summed E-state index contributed by atoms with van der Waals surface area (Å²) in [5.74, 6) is -0.244. The Kier molecular flexibility index (Phi) is 3.70. The number of β-amino-alcohol motifs (C(OH)–C–C–N with tert-alkyl or cyclic N) is 1. The van der Waals surface area contributed by atoms with Gasteiger partial charge in [0.1, 0.15) is 0 Å². The van der Waals surface area contributed by atoms with Crippen molar-refractivity contribution in [3.63, 3.8) is 0 Å². The van der Waals surface area contributed by atoms with Gasteiger partial charge in [-0.3, -0.25) is 9.78 Å². The van der Waals surface area contributed by atoms with E-state index < -0.39 is 6.10 Å². The van der Waals surface area contributed by atoms with Crippen LogP contribution in [0.2, 0.25) is 0 Å². The van der Waals surface area contributed by atoms with Gasteiger partial charge in [0.2, 0.25) is 0 Å². The lowest BCUT2D eigenvalue weighted by Crippen LogP contribution is -2.29. The molecular weight excluding hydrogens is 306 g/mol. The van der Waals surface area contributed by atoms with Crippen molar-refractivity contribution < 1.29 is 9.90 Å². The van der Waals surface area contributed by atoms with Gasteiger partial charge in [-0.1, -0.05) is 24.3 Å². The van der Waals surface area contributed by atoms with Gasteiger partial charge in [0.05, 0.1) is 17.8 Å². The Labute approximate surface area is 138 Å². The zero-order valence-electron chi connectivity index (χ0n) is 13.0. The van der Waals surface area contributed by atoms with Gasteiger partial charge >= 0.3 is 0 Å². The molecule has 1 amide bonds. The van der Waals surface area contributed by atoms with Crippen molar-refractivity contribution in [2.45, 2.75) is 12.5 Å². The van der Waals surface area contributed by atoms with Crippen LogP contribution in [0.4, 0.5) is 0 Å². The molecule has 1 fully saturated rings. The second-order valence-electron chi connectivity index (χ2n) is 6.09. The minimum Gasteiger partial charge on any atom is -0.391 e. The number of benzene rings is 1. The molecule has 2 N–H and O–H groups in total. The Morgan fingerprint density at radius 3 is 2.96 bits per heavy atom. The van der Waals surface area contributed by atoms with Crippen molar-refractivity contribution in [2.75, 3.05) is 13.1 Å². The van der Waals surface area contributed by atoms with E-state index in [9.17, 15) is 9.90 Å². The Morgan fingerprint density at radius 1 is 1.25 bits per heavy atom. The number of aromatic amines is 1. The van der Waals surface area contributed by atoms with Gasteiger partial charge in [0.25, 0.3) is 5.91 Å². The number of amides is 1. The maximum atomic E-state index is 12.3. The van der Waals surface area contributed by atoms with Crippen LogP contribution in [0.3, 0.4) is 0 Å². The van der Waals surface area contributed by atoms with Crippen molar-refractivity contribution in [3.8, 4) is 0 Å². The second-order valence-corrected chi connectivity index (χ2v) is 6.09. The summed E-state index contributed by atoms with van der Waals surface area (Å²) in [6.45, 7) is 0.797. The highest BCUT2D eigenvalue weighted by atomic mass is 16.3. The van der Waals surface area contributed by atoms with E-state index in [2.05, 4.69) is 20.4 Å². The molecule has 3 heterocycles. The van der Waals surface area contributed by atoms with Crippen LogP contribution in [-0.2, 0) is 6.42 Å². The number of likely N-dealkylation sites (tertiary alicyclic amines) is 1. The number of carbonyl (C=O) groups excluding carboxylic acids is 1. The first kappa shape index (κ1) is 14.8. The first-order valence-electron chi connectivity index (χ1n) is 7.88. The number of aliphatic hydroxyl groups is 1. The maximum absolute atomic E-state index is 12.3. The lowest BCUT2D eigenvalue weighted by Gasteiger charge is -2.14. The first-order valence-corrected chi connectivity index (χ1v) is 7.88. The molecule has 3 aromatic rings. The summed E-state index contributed by atoms with van der Waals surface area (Å²) in [7, 11) is 0. The lowest BCUT2D eigenvalue weighted by molar-refractivity contribution is 0.0759. The molecule has 7 nitrogen and oxygen atoms in total. The molecule has 1 aliphatic rings. The highest BCUT2D eigenvalue weighted by Gasteiger charge is 2.35. The molecule has 0 saturated carbocycles. The van der Waals surface area contributed by atoms with Crippen LogP contribution in [0.5, 0.6) is 0 Å². The summed E-state index contributed by atoms with van der Waals surface area (Å²) >= 11 is 0. The Hall–Kier alpha value is -2.80. The molecule has 0 aliphatic carbocycles. The number of fused-ring (bicyclic) bond motifs is 1. The van der Waals surface area contributed by atoms with E-state index in [-0.39, 0.29) is 17.5 Å². The molecule has 2 aromatic heterocycles. The quantitative estimate of drug-likeness (QED) is 0.750. The summed E-state index contributed by atoms with van der Waals surface area (Å²) in [5, 5.41) is 21.3. The van der Waals surface area contributed by atoms with Crippen LogP contribution < -0.4 is 0 Å². The Balaban J connectivity index is 1.49. The number of nitrogens with one attached hydrogen (secondary N) is 1. The van der Waals surface area contributed by atoms with E-state index in [4.69, 9.17) is 0 Å². The molecule has 0 bridgehead atoms. The van der Waals surface area contributed by atoms with Gasteiger partial charge in [0.15, 0.2) is 5.69 Å². The SMILES string of the molecule is O=C(c1cn[nH]n1)N1C[C@@H](Cc2ccc3ccccc3n2)[C@H](O)C1. The van der Waals surface area contributed by atoms with Gasteiger partial charge in [-0.25, -0.2) is 0 Å². The van der Waals surface area contributed by atoms with E-state index in [1.165, 1.54) is 6.20 Å². The number of hydrogen-bond acceptors (Lipinski definition) is 5. The van der Waals surface area contributed by atoms with Crippen molar-refractivity contribution >= 4 is 16.8 Å². The highest BCUT2D eigenvalue weighted by molar-refractivity contribution is 5.92. The minimum atomic E-state index is -0.561. The fourth-order valence-electron chi connectivity index (χ4n) is 3.18. The molecule has 0 radical (unpaired) electrons. The number of H-pyrrole nitrogens is 1. The largest absolute Gasteiger partial charge is 0.391 e. The third-order valence-electron chi connectivity index (χ3n) is 4.46. The normalized spacial score (nSPS) is 20.6. The van der Waals surface area contributed by atoms with Crippen LogP contribution in [0.25, 0.3) is 10.9 Å². The zero-order valence-corrected chi connectivity index (χ0v) is 13.0. The molecule has 2 atom stereocenters. The molecule has 122 valence electrons. The Bertz CT molecular complexity index is 864. The van der Waals surface area contributed by atoms with Crippen LogP contribution in [0, 0.1) is 5.92 Å². The van der Waals surface area contributed by atoms with E-state index >= 15 is 0 Å². The zero-order chi connectivity index (χ0) is 16.5. The molecule has 0 spiro atoms. The summed E-state index contributed by atoms with van der Waals surface area (Å²) in [5.41, 5.74) is 2.14. The van der Waals surface area contributed by atoms with Crippen LogP contribution >= 0.6 is 0 Å². The van der Waals surface area contributed by atoms with E-state index in [1.807, 2.05) is 36.4 Å². The fraction of sp³-hybridized carbons (Fsp3) is 0.294. The van der Waals surface area contributed by atoms with Gasteiger partial charge in [0, 0.05) is 30.1 Å². The predicted molar refractivity (Wildman–Crippen MR) is 87.2 cm³/mol. The number of aliphatic hydroxyl groups excluding tert-OH is 1. The summed E-state index contributed by atoms with van der Waals surface area (Å²) < 4.78 is 0. The smallest absolute Gasteiger partial charge is 0.276 e. The average Bonchev–Trinajstić information content (AvgIpc) is 3.25. The van der Waals surface area contributed by atoms with Crippen molar-refractivity contribution in [2.24, 2.45) is 5.92 Å². The topological polar surface area (TPSA) is 95.0 Å². The second kappa shape index (κ2) is 6.01. The predicted octanol–water partition coefficient (Wildman–Crippen LogP) is 1.03. The number of pyridine rings is 1. The van der Waals surface area contributed by atoms with Crippen molar-refractivity contribution in [1.29, 1.82) is 0 Å². The van der Waals surface area contributed by atoms with E-state index in [0.717, 1.165) is 16.6 Å². The lowest BCUT2D eigenvalue weighted by atomic mass is 9.99. The molecule has 4 rings (SSSR count). The standard InChI is InChI=1S/C17H17N5O2/c23-16-10-22(17(24)15-8-18-21-20-15)9-12(16)7-13-6-5-11-3-1-2-4-14(11)19-13/h1-6,8,12,16,23H,7,9-10H2,(H,18,20,21)/t12-,16-/m1/s1. The number of para-hydroxylation sites is 1. The third kappa shape index (κ3) is 2.74. The van der Waals surface area contributed by atoms with Gasteiger partial charge in [-0.15, -0.1) is 0 Å². The van der Waals surface area contributed by atoms with Gasteiger partial charge in [-0.05, 0) is 18.6 Å². The molecule has 1 aliphatic heterocycles. The molecule has 24 heavy (non-hydrogen) atoms. The maximum Gasteiger partial charge on any atom is 0.276 e. The number of carbonyl (C=O) groups is 1. The first-order chi connectivity index (χ1) is 11.7. The molecule has 7 heteroatoms. The van der Waals surface area contributed by atoms with Crippen molar-refractivity contribution in [3.05, 3.63) is 54.0 Å². The number of aromatic nitrogens is 4. The summed E-state index contributed by atoms with van der Waals surface area (Å²) in [6.07, 6.45) is 1.47. The van der Waals surface area contributed by atoms with Crippen LogP contribution in [-0.4, -0.2) is 55.5 Å². The number of hydrogen-bond donors (Lipinski definition) is 2. The van der Waals surface area contributed by atoms with Gasteiger partial charge in [-0.2, -0.15) is 15.4 Å². The molecule has 0 unspecified atom stereocenters. The average molecular weight is 323 g/mol. The van der Waals surface area contributed by atoms with Gasteiger partial charge < -0.3 is 10.0 Å². The molecule has 1 saturated heterocycles. The number of nitrogens with zero attached hydrogens (tertiary/aromatic N) is 4. The molecule has 1 aromatic carbocycles. The van der Waals surface area contributed by atoms with Crippen molar-refractivity contribution in [1.82, 2.24) is 25.3 Å². The monoisotopic (exact) mass is 323 g/mol. The van der Waals surface area contributed by atoms with E-state index in [0.29, 0.717) is 19.5 Å². The third-order valence-corrected chi connectivity index (χ3v) is 4.46. The summed E-state index contributed by atoms with van der Waals surface area (Å²) in [6, 6.07) is 12.0. The number of rotatable bonds is 3. The highest BCUT2D eigenvalue weighted by Crippen LogP contribution is 2.23.